The fraction of sp³-hybridized carbons (Fsp3) is 0.281. The van der Waals surface area contributed by atoms with E-state index in [4.69, 9.17) is 21.1 Å². The van der Waals surface area contributed by atoms with E-state index >= 15 is 0 Å². The molecule has 0 spiro atoms. The van der Waals surface area contributed by atoms with Crippen LogP contribution >= 0.6 is 11.6 Å². The van der Waals surface area contributed by atoms with E-state index < -0.39 is 18.0 Å². The van der Waals surface area contributed by atoms with Crippen molar-refractivity contribution in [3.63, 3.8) is 0 Å². The van der Waals surface area contributed by atoms with Crippen molar-refractivity contribution < 1.29 is 18.7 Å². The van der Waals surface area contributed by atoms with Crippen molar-refractivity contribution in [1.29, 1.82) is 0 Å². The molecule has 2 aromatic heterocycles. The number of amides is 1. The lowest BCUT2D eigenvalue weighted by atomic mass is 9.92. The van der Waals surface area contributed by atoms with Crippen LogP contribution in [0.2, 0.25) is 5.02 Å². The van der Waals surface area contributed by atoms with E-state index in [-0.39, 0.29) is 11.9 Å². The molecular formula is C32H31ClFN5O3. The van der Waals surface area contributed by atoms with E-state index in [1.54, 1.807) is 22.1 Å². The summed E-state index contributed by atoms with van der Waals surface area (Å²) >= 11 is 6.34. The molecule has 0 saturated carbocycles. The van der Waals surface area contributed by atoms with Crippen LogP contribution in [0.1, 0.15) is 49.0 Å². The van der Waals surface area contributed by atoms with Gasteiger partial charge in [-0.25, -0.2) is 9.18 Å². The maximum absolute atomic E-state index is 13.5. The molecule has 0 radical (unpaired) electrons. The molecule has 1 amide bonds. The van der Waals surface area contributed by atoms with Crippen molar-refractivity contribution in [3.05, 3.63) is 107 Å². The Morgan fingerprint density at radius 1 is 1.05 bits per heavy atom. The van der Waals surface area contributed by atoms with Gasteiger partial charge in [-0.3, -0.25) is 4.90 Å². The van der Waals surface area contributed by atoms with Gasteiger partial charge in [-0.05, 0) is 78.6 Å². The van der Waals surface area contributed by atoms with Crippen LogP contribution in [0.25, 0.3) is 10.9 Å². The third-order valence-corrected chi connectivity index (χ3v) is 7.80. The van der Waals surface area contributed by atoms with Crippen molar-refractivity contribution in [2.24, 2.45) is 0 Å². The molecule has 42 heavy (non-hydrogen) atoms. The van der Waals surface area contributed by atoms with E-state index in [9.17, 15) is 9.18 Å². The molecule has 1 aliphatic rings. The highest BCUT2D eigenvalue weighted by molar-refractivity contribution is 6.31. The Balaban J connectivity index is 1.28. The molecule has 5 aromatic rings. The first-order valence-electron chi connectivity index (χ1n) is 14.1. The van der Waals surface area contributed by atoms with Gasteiger partial charge in [-0.2, -0.15) is 15.0 Å². The molecule has 6 rings (SSSR count). The molecule has 1 aliphatic heterocycles. The van der Waals surface area contributed by atoms with Gasteiger partial charge >= 0.3 is 6.09 Å². The number of nitrogens with zero attached hydrogens (tertiary/aromatic N) is 4. The Bertz CT molecular complexity index is 1650. The molecule has 3 aromatic carbocycles. The molecule has 0 aliphatic carbocycles. The normalized spacial score (nSPS) is 15.4. The molecule has 10 heteroatoms. The van der Waals surface area contributed by atoms with Gasteiger partial charge in [0.1, 0.15) is 29.5 Å². The summed E-state index contributed by atoms with van der Waals surface area (Å²) in [6, 6.07) is 18.6. The number of hydrogen-bond donors (Lipinski definition) is 1. The van der Waals surface area contributed by atoms with Crippen LogP contribution in [-0.2, 0) is 13.0 Å². The number of hydrogen-bond acceptors (Lipinski definition) is 5. The zero-order chi connectivity index (χ0) is 29.1. The molecule has 216 valence electrons. The summed E-state index contributed by atoms with van der Waals surface area (Å²) in [5.41, 5.74) is 3.90. The van der Waals surface area contributed by atoms with E-state index in [1.165, 1.54) is 24.3 Å². The first-order valence-corrected chi connectivity index (χ1v) is 14.5. The Labute approximate surface area is 248 Å². The lowest BCUT2D eigenvalue weighted by Crippen LogP contribution is -2.42. The molecule has 2 unspecified atom stereocenters. The zero-order valence-electron chi connectivity index (χ0n) is 23.2. The van der Waals surface area contributed by atoms with Gasteiger partial charge in [0, 0.05) is 34.6 Å². The monoisotopic (exact) mass is 587 g/mol. The second kappa shape index (κ2) is 12.2. The Kier molecular flexibility index (Phi) is 8.10. The minimum absolute atomic E-state index is 0.0220. The van der Waals surface area contributed by atoms with Crippen molar-refractivity contribution in [3.8, 4) is 11.5 Å². The fourth-order valence-corrected chi connectivity index (χ4v) is 5.76. The van der Waals surface area contributed by atoms with Crippen LogP contribution in [0.3, 0.4) is 0 Å². The second-order valence-electron chi connectivity index (χ2n) is 10.4. The van der Waals surface area contributed by atoms with Gasteiger partial charge in [-0.15, -0.1) is 0 Å². The van der Waals surface area contributed by atoms with Gasteiger partial charge in [0.25, 0.3) is 0 Å². The van der Waals surface area contributed by atoms with Gasteiger partial charge in [0.2, 0.25) is 0 Å². The van der Waals surface area contributed by atoms with Crippen molar-refractivity contribution >= 4 is 28.6 Å². The predicted octanol–water partition coefficient (Wildman–Crippen LogP) is 7.34. The number of aromatic nitrogens is 4. The van der Waals surface area contributed by atoms with E-state index in [2.05, 4.69) is 22.1 Å². The standard InChI is InChI=1S/C32H31ClFN5O3/c1-2-3-24(14-19-39-35-16-17-36-39)41-25-9-4-21(5-10-25)31-30-27(28-20-22(33)6-13-29(28)37-30)15-18-38(31)32(40)42-26-11-7-23(34)8-12-26/h4-13,16-17,20,24,31,37H,2-3,14-15,18-19H2,1H3. The third-order valence-electron chi connectivity index (χ3n) is 7.57. The summed E-state index contributed by atoms with van der Waals surface area (Å²) in [4.78, 5) is 20.4. The number of fused-ring (bicyclic) bond motifs is 3. The molecular weight excluding hydrogens is 557 g/mol. The number of nitrogens with one attached hydrogen (secondary N) is 1. The number of carbonyl (C=O) groups excluding carboxylic acids is 1. The molecule has 2 atom stereocenters. The van der Waals surface area contributed by atoms with Crippen LogP contribution in [0.15, 0.2) is 79.1 Å². The van der Waals surface area contributed by atoms with E-state index in [0.29, 0.717) is 24.5 Å². The highest BCUT2D eigenvalue weighted by atomic mass is 35.5. The summed E-state index contributed by atoms with van der Waals surface area (Å²) in [6.07, 6.45) is 6.19. The summed E-state index contributed by atoms with van der Waals surface area (Å²) < 4.78 is 25.5. The average molecular weight is 588 g/mol. The summed E-state index contributed by atoms with van der Waals surface area (Å²) in [5.74, 6) is 0.643. The van der Waals surface area contributed by atoms with Crippen LogP contribution in [0.5, 0.6) is 11.5 Å². The van der Waals surface area contributed by atoms with Crippen LogP contribution < -0.4 is 9.47 Å². The number of benzene rings is 3. The Hall–Kier alpha value is -4.37. The summed E-state index contributed by atoms with van der Waals surface area (Å²) in [5, 5.41) is 10.1. The molecule has 0 bridgehead atoms. The third kappa shape index (κ3) is 5.97. The highest BCUT2D eigenvalue weighted by Crippen LogP contribution is 2.40. The summed E-state index contributed by atoms with van der Waals surface area (Å²) in [7, 11) is 0. The maximum Gasteiger partial charge on any atom is 0.416 e. The SMILES string of the molecule is CCCC(CCn1nccn1)Oc1ccc(C2c3[nH]c4ccc(Cl)cc4c3CCN2C(=O)Oc2ccc(F)cc2)cc1. The van der Waals surface area contributed by atoms with E-state index in [0.717, 1.165) is 52.7 Å². The number of ether oxygens (including phenoxy) is 2. The minimum Gasteiger partial charge on any atom is -0.490 e. The Morgan fingerprint density at radius 2 is 1.79 bits per heavy atom. The minimum atomic E-state index is -0.510. The summed E-state index contributed by atoms with van der Waals surface area (Å²) in [6.45, 7) is 3.25. The molecule has 8 nitrogen and oxygen atoms in total. The molecule has 0 fully saturated rings. The predicted molar refractivity (Wildman–Crippen MR) is 158 cm³/mol. The lowest BCUT2D eigenvalue weighted by Gasteiger charge is -2.35. The number of carbonyl (C=O) groups is 1. The number of H-pyrrole nitrogens is 1. The van der Waals surface area contributed by atoms with Crippen molar-refractivity contribution in [2.45, 2.75) is 51.3 Å². The topological polar surface area (TPSA) is 85.3 Å². The number of rotatable bonds is 9. The lowest BCUT2D eigenvalue weighted by molar-refractivity contribution is 0.135. The largest absolute Gasteiger partial charge is 0.490 e. The smallest absolute Gasteiger partial charge is 0.416 e. The van der Waals surface area contributed by atoms with Gasteiger partial charge in [0.15, 0.2) is 0 Å². The van der Waals surface area contributed by atoms with Crippen LogP contribution in [-0.4, -0.2) is 43.6 Å². The molecule has 1 N–H and O–H groups in total. The van der Waals surface area contributed by atoms with Crippen molar-refractivity contribution in [1.82, 2.24) is 24.9 Å². The quantitative estimate of drug-likeness (QED) is 0.195. The number of halogens is 2. The van der Waals surface area contributed by atoms with Crippen LogP contribution in [0, 0.1) is 5.82 Å². The highest BCUT2D eigenvalue weighted by Gasteiger charge is 2.36. The fourth-order valence-electron chi connectivity index (χ4n) is 5.59. The maximum atomic E-state index is 13.5. The number of aryl methyl sites for hydroxylation is 1. The van der Waals surface area contributed by atoms with E-state index in [1.807, 2.05) is 42.5 Å². The Morgan fingerprint density at radius 3 is 2.52 bits per heavy atom. The van der Waals surface area contributed by atoms with Crippen molar-refractivity contribution in [2.75, 3.05) is 6.54 Å². The second-order valence-corrected chi connectivity index (χ2v) is 10.8. The van der Waals surface area contributed by atoms with Crippen LogP contribution in [0.4, 0.5) is 9.18 Å². The van der Waals surface area contributed by atoms with Gasteiger partial charge < -0.3 is 14.5 Å². The first-order chi connectivity index (χ1) is 20.5. The van der Waals surface area contributed by atoms with Gasteiger partial charge in [0.05, 0.1) is 18.9 Å². The van der Waals surface area contributed by atoms with Gasteiger partial charge in [-0.1, -0.05) is 37.1 Å². The molecule has 3 heterocycles. The zero-order valence-corrected chi connectivity index (χ0v) is 23.9. The molecule has 0 saturated heterocycles. The first kappa shape index (κ1) is 27.8. The average Bonchev–Trinajstić information content (AvgIpc) is 3.65. The number of aromatic amines is 1.